The highest BCUT2D eigenvalue weighted by molar-refractivity contribution is 7.13. The summed E-state index contributed by atoms with van der Waals surface area (Å²) < 4.78 is 0. The highest BCUT2D eigenvalue weighted by atomic mass is 32.1. The smallest absolute Gasteiger partial charge is 0.261 e. The monoisotopic (exact) mass is 389 g/mol. The molecule has 1 aliphatic heterocycles. The topological polar surface area (TPSA) is 75.4 Å². The fourth-order valence-electron chi connectivity index (χ4n) is 5.31. The summed E-state index contributed by atoms with van der Waals surface area (Å²) in [7, 11) is 0. The zero-order chi connectivity index (χ0) is 19.0. The number of hydrogen-bond acceptors (Lipinski definition) is 4. The van der Waals surface area contributed by atoms with Gasteiger partial charge in [-0.25, -0.2) is 0 Å². The third-order valence-corrected chi connectivity index (χ3v) is 7.87. The van der Waals surface area contributed by atoms with Gasteiger partial charge in [0.1, 0.15) is 0 Å². The number of piperidine rings is 1. The maximum atomic E-state index is 13.0. The van der Waals surface area contributed by atoms with Crippen LogP contribution in [0.4, 0.5) is 0 Å². The first-order valence-electron chi connectivity index (χ1n) is 10.4. The fourth-order valence-corrected chi connectivity index (χ4v) is 6.08. The maximum Gasteiger partial charge on any atom is 0.261 e. The van der Waals surface area contributed by atoms with Gasteiger partial charge in [0.2, 0.25) is 5.91 Å². The van der Waals surface area contributed by atoms with E-state index in [2.05, 4.69) is 5.32 Å². The number of nitrogens with two attached hydrogens (primary N) is 1. The summed E-state index contributed by atoms with van der Waals surface area (Å²) in [6, 6.07) is 4.35. The number of carbonyl (C=O) groups is 2. The Morgan fingerprint density at radius 1 is 1.11 bits per heavy atom. The van der Waals surface area contributed by atoms with Crippen molar-refractivity contribution in [1.29, 1.82) is 0 Å². The zero-order valence-corrected chi connectivity index (χ0v) is 17.0. The van der Waals surface area contributed by atoms with Gasteiger partial charge >= 0.3 is 0 Å². The van der Waals surface area contributed by atoms with E-state index >= 15 is 0 Å². The number of nitrogens with one attached hydrogen (secondary N) is 1. The van der Waals surface area contributed by atoms with Gasteiger partial charge in [0.25, 0.3) is 5.91 Å². The summed E-state index contributed by atoms with van der Waals surface area (Å²) in [4.78, 5) is 29.3. The molecule has 6 heteroatoms. The SMILES string of the molecule is Cc1ccc(C(=O)NC2CCN(C(=O)C3CC4CCCC(C3)C4N)CC2)s1. The van der Waals surface area contributed by atoms with Gasteiger partial charge in [0.15, 0.2) is 0 Å². The number of amides is 2. The molecule has 2 bridgehead atoms. The van der Waals surface area contributed by atoms with Crippen LogP contribution >= 0.6 is 11.3 Å². The van der Waals surface area contributed by atoms with E-state index in [9.17, 15) is 9.59 Å². The molecule has 3 fully saturated rings. The van der Waals surface area contributed by atoms with E-state index in [1.54, 1.807) is 0 Å². The summed E-state index contributed by atoms with van der Waals surface area (Å²) in [5.74, 6) is 1.60. The third kappa shape index (κ3) is 4.06. The van der Waals surface area contributed by atoms with E-state index < -0.39 is 0 Å². The van der Waals surface area contributed by atoms with Gasteiger partial charge in [0.05, 0.1) is 4.88 Å². The average molecular weight is 390 g/mol. The lowest BCUT2D eigenvalue weighted by Crippen LogP contribution is -2.52. The minimum atomic E-state index is 0.0203. The van der Waals surface area contributed by atoms with Crippen molar-refractivity contribution in [2.24, 2.45) is 23.5 Å². The quantitative estimate of drug-likeness (QED) is 0.835. The Kier molecular flexibility index (Phi) is 5.55. The van der Waals surface area contributed by atoms with Crippen molar-refractivity contribution in [1.82, 2.24) is 10.2 Å². The largest absolute Gasteiger partial charge is 0.348 e. The Hall–Kier alpha value is -1.40. The molecule has 27 heavy (non-hydrogen) atoms. The molecular formula is C21H31N3O2S. The summed E-state index contributed by atoms with van der Waals surface area (Å²) >= 11 is 1.53. The van der Waals surface area contributed by atoms with Crippen LogP contribution in [0.2, 0.25) is 0 Å². The number of thiophene rings is 1. The Morgan fingerprint density at radius 2 is 1.78 bits per heavy atom. The number of fused-ring (bicyclic) bond motifs is 2. The van der Waals surface area contributed by atoms with Gasteiger partial charge in [-0.2, -0.15) is 0 Å². The molecule has 0 spiro atoms. The molecule has 4 rings (SSSR count). The van der Waals surface area contributed by atoms with Crippen LogP contribution in [-0.2, 0) is 4.79 Å². The number of carbonyl (C=O) groups excluding carboxylic acids is 2. The van der Waals surface area contributed by atoms with E-state index in [1.165, 1.54) is 30.6 Å². The van der Waals surface area contributed by atoms with Crippen LogP contribution in [0, 0.1) is 24.7 Å². The molecular weight excluding hydrogens is 358 g/mol. The standard InChI is InChI=1S/C21H31N3O2S/c1-13-5-6-18(27-13)20(25)23-17-7-9-24(10-8-17)21(26)16-11-14-3-2-4-15(12-16)19(14)22/h5-6,14-17,19H,2-4,7-12,22H2,1H3,(H,23,25). The van der Waals surface area contributed by atoms with Crippen LogP contribution in [0.3, 0.4) is 0 Å². The molecule has 1 aromatic heterocycles. The van der Waals surface area contributed by atoms with Crippen molar-refractivity contribution >= 4 is 23.2 Å². The Labute approximate surface area is 165 Å². The maximum absolute atomic E-state index is 13.0. The van der Waals surface area contributed by atoms with E-state index in [4.69, 9.17) is 5.73 Å². The predicted octanol–water partition coefficient (Wildman–Crippen LogP) is 2.93. The second-order valence-corrected chi connectivity index (χ2v) is 9.97. The molecule has 1 aromatic rings. The van der Waals surface area contributed by atoms with Gasteiger partial charge in [0, 0.05) is 36.0 Å². The highest BCUT2D eigenvalue weighted by Crippen LogP contribution is 2.42. The molecule has 2 amide bonds. The van der Waals surface area contributed by atoms with Gasteiger partial charge in [-0.3, -0.25) is 9.59 Å². The molecule has 2 atom stereocenters. The summed E-state index contributed by atoms with van der Waals surface area (Å²) in [6.45, 7) is 3.52. The van der Waals surface area contributed by atoms with Crippen LogP contribution in [-0.4, -0.2) is 41.9 Å². The van der Waals surface area contributed by atoms with Gasteiger partial charge in [-0.05, 0) is 69.4 Å². The van der Waals surface area contributed by atoms with E-state index in [0.29, 0.717) is 23.8 Å². The Bertz CT molecular complexity index is 681. The van der Waals surface area contributed by atoms with Gasteiger partial charge in [-0.15, -0.1) is 11.3 Å². The van der Waals surface area contributed by atoms with Crippen LogP contribution in [0.1, 0.15) is 59.5 Å². The minimum Gasteiger partial charge on any atom is -0.348 e. The van der Waals surface area contributed by atoms with Crippen molar-refractivity contribution < 1.29 is 9.59 Å². The lowest BCUT2D eigenvalue weighted by molar-refractivity contribution is -0.139. The third-order valence-electron chi connectivity index (χ3n) is 6.87. The number of aryl methyl sites for hydroxylation is 1. The van der Waals surface area contributed by atoms with Gasteiger partial charge in [-0.1, -0.05) is 6.42 Å². The normalized spacial score (nSPS) is 31.6. The number of nitrogens with zero attached hydrogens (tertiary/aromatic N) is 1. The fraction of sp³-hybridized carbons (Fsp3) is 0.714. The lowest BCUT2D eigenvalue weighted by Gasteiger charge is -2.45. The first kappa shape index (κ1) is 18.9. The molecule has 2 saturated carbocycles. The second-order valence-electron chi connectivity index (χ2n) is 8.68. The van der Waals surface area contributed by atoms with Crippen molar-refractivity contribution in [2.75, 3.05) is 13.1 Å². The molecule has 1 saturated heterocycles. The highest BCUT2D eigenvalue weighted by Gasteiger charge is 2.42. The number of rotatable bonds is 3. The number of hydrogen-bond donors (Lipinski definition) is 2. The minimum absolute atomic E-state index is 0.0203. The molecule has 2 unspecified atom stereocenters. The molecule has 3 aliphatic rings. The van der Waals surface area contributed by atoms with E-state index in [1.807, 2.05) is 24.0 Å². The van der Waals surface area contributed by atoms with Crippen molar-refractivity contribution in [3.63, 3.8) is 0 Å². The van der Waals surface area contributed by atoms with Crippen LogP contribution < -0.4 is 11.1 Å². The number of likely N-dealkylation sites (tertiary alicyclic amines) is 1. The zero-order valence-electron chi connectivity index (χ0n) is 16.2. The molecule has 2 heterocycles. The molecule has 0 radical (unpaired) electrons. The molecule has 0 aromatic carbocycles. The molecule has 2 aliphatic carbocycles. The Morgan fingerprint density at radius 3 is 2.37 bits per heavy atom. The van der Waals surface area contributed by atoms with Crippen LogP contribution in [0.5, 0.6) is 0 Å². The van der Waals surface area contributed by atoms with Crippen molar-refractivity contribution in [3.8, 4) is 0 Å². The first-order chi connectivity index (χ1) is 13.0. The summed E-state index contributed by atoms with van der Waals surface area (Å²) in [5.41, 5.74) is 6.37. The van der Waals surface area contributed by atoms with Crippen LogP contribution in [0.25, 0.3) is 0 Å². The molecule has 3 N–H and O–H groups in total. The predicted molar refractivity (Wildman–Crippen MR) is 108 cm³/mol. The average Bonchev–Trinajstić information content (AvgIpc) is 3.08. The van der Waals surface area contributed by atoms with E-state index in [-0.39, 0.29) is 17.9 Å². The lowest BCUT2D eigenvalue weighted by atomic mass is 9.65. The summed E-state index contributed by atoms with van der Waals surface area (Å²) in [6.07, 6.45) is 7.31. The van der Waals surface area contributed by atoms with E-state index in [0.717, 1.165) is 48.5 Å². The van der Waals surface area contributed by atoms with Crippen LogP contribution in [0.15, 0.2) is 12.1 Å². The molecule has 148 valence electrons. The molecule has 5 nitrogen and oxygen atoms in total. The summed E-state index contributed by atoms with van der Waals surface area (Å²) in [5, 5.41) is 3.14. The Balaban J connectivity index is 1.27. The first-order valence-corrected chi connectivity index (χ1v) is 11.2. The second kappa shape index (κ2) is 7.92. The van der Waals surface area contributed by atoms with Crippen molar-refractivity contribution in [3.05, 3.63) is 21.9 Å². The van der Waals surface area contributed by atoms with Gasteiger partial charge < -0.3 is 16.0 Å². The van der Waals surface area contributed by atoms with Crippen molar-refractivity contribution in [2.45, 2.75) is 64.0 Å².